The van der Waals surface area contributed by atoms with E-state index in [2.05, 4.69) is 0 Å². The largest absolute Gasteiger partial charge is 0.481 e. The number of hydrogen-bond donors (Lipinski definition) is 4. The number of aliphatic carboxylic acids is 1. The molecule has 6 heteroatoms. The zero-order valence-electron chi connectivity index (χ0n) is 10.1. The molecular formula is C11H21NO5. The van der Waals surface area contributed by atoms with E-state index in [4.69, 9.17) is 0 Å². The fraction of sp³-hybridized carbons (Fsp3) is 0.909. The van der Waals surface area contributed by atoms with Gasteiger partial charge in [0.25, 0.3) is 0 Å². The molecular weight excluding hydrogens is 226 g/mol. The van der Waals surface area contributed by atoms with Crippen LogP contribution in [-0.2, 0) is 4.79 Å². The highest BCUT2D eigenvalue weighted by Crippen LogP contribution is 2.43. The van der Waals surface area contributed by atoms with Gasteiger partial charge in [-0.2, -0.15) is 0 Å². The number of aliphatic hydroxyl groups excluding tert-OH is 3. The predicted octanol–water partition coefficient (Wildman–Crippen LogP) is -1.11. The first kappa shape index (κ1) is 14.4. The van der Waals surface area contributed by atoms with Gasteiger partial charge in [0, 0.05) is 13.1 Å². The van der Waals surface area contributed by atoms with Gasteiger partial charge in [-0.05, 0) is 6.42 Å². The SMILES string of the molecule is CCCC(CO)(N1CC1)C(CO)(CO)C(=O)O. The van der Waals surface area contributed by atoms with E-state index < -0.39 is 30.1 Å². The minimum atomic E-state index is -1.71. The Morgan fingerprint density at radius 1 is 1.18 bits per heavy atom. The summed E-state index contributed by atoms with van der Waals surface area (Å²) in [5.74, 6) is -1.27. The second-order valence-corrected chi connectivity index (χ2v) is 4.63. The van der Waals surface area contributed by atoms with Crippen LogP contribution in [0.25, 0.3) is 0 Å². The molecule has 4 N–H and O–H groups in total. The van der Waals surface area contributed by atoms with E-state index in [1.165, 1.54) is 0 Å². The molecule has 1 unspecified atom stereocenters. The van der Waals surface area contributed by atoms with Gasteiger partial charge in [0.05, 0.1) is 25.4 Å². The van der Waals surface area contributed by atoms with Crippen LogP contribution < -0.4 is 0 Å². The van der Waals surface area contributed by atoms with Crippen molar-refractivity contribution in [2.45, 2.75) is 25.3 Å². The van der Waals surface area contributed by atoms with Crippen molar-refractivity contribution >= 4 is 5.97 Å². The first-order valence-electron chi connectivity index (χ1n) is 5.85. The molecule has 1 heterocycles. The number of hydrogen-bond acceptors (Lipinski definition) is 5. The lowest BCUT2D eigenvalue weighted by Crippen LogP contribution is -2.64. The molecule has 100 valence electrons. The van der Waals surface area contributed by atoms with E-state index in [1.54, 1.807) is 0 Å². The molecule has 1 rings (SSSR count). The Labute approximate surface area is 100 Å². The van der Waals surface area contributed by atoms with Crippen molar-refractivity contribution < 1.29 is 25.2 Å². The van der Waals surface area contributed by atoms with E-state index in [-0.39, 0.29) is 6.61 Å². The third kappa shape index (κ3) is 2.06. The summed E-state index contributed by atoms with van der Waals surface area (Å²) >= 11 is 0. The molecule has 1 atom stereocenters. The number of nitrogens with zero attached hydrogens (tertiary/aromatic N) is 1. The fourth-order valence-electron chi connectivity index (χ4n) is 2.60. The second-order valence-electron chi connectivity index (χ2n) is 4.63. The zero-order chi connectivity index (χ0) is 13.1. The Morgan fingerprint density at radius 3 is 1.94 bits per heavy atom. The smallest absolute Gasteiger partial charge is 0.316 e. The van der Waals surface area contributed by atoms with Gasteiger partial charge in [0.15, 0.2) is 0 Å². The molecule has 0 amide bonds. The summed E-state index contributed by atoms with van der Waals surface area (Å²) in [6.07, 6.45) is 1.10. The quantitative estimate of drug-likeness (QED) is 0.406. The first-order valence-corrected chi connectivity index (χ1v) is 5.85. The molecule has 0 radical (unpaired) electrons. The Balaban J connectivity index is 3.20. The minimum Gasteiger partial charge on any atom is -0.481 e. The number of carboxylic acid groups (broad SMARTS) is 1. The van der Waals surface area contributed by atoms with Gasteiger partial charge in [0.2, 0.25) is 0 Å². The Bertz CT molecular complexity index is 275. The Hall–Kier alpha value is -0.690. The maximum atomic E-state index is 11.4. The van der Waals surface area contributed by atoms with E-state index in [9.17, 15) is 25.2 Å². The van der Waals surface area contributed by atoms with Gasteiger partial charge < -0.3 is 20.4 Å². The van der Waals surface area contributed by atoms with Crippen LogP contribution in [0.1, 0.15) is 19.8 Å². The minimum absolute atomic E-state index is 0.381. The molecule has 1 aliphatic rings. The lowest BCUT2D eigenvalue weighted by Gasteiger charge is -2.46. The van der Waals surface area contributed by atoms with Crippen LogP contribution in [-0.4, -0.2) is 69.7 Å². The van der Waals surface area contributed by atoms with Crippen molar-refractivity contribution in [2.75, 3.05) is 32.9 Å². The third-order valence-corrected chi connectivity index (χ3v) is 3.82. The maximum Gasteiger partial charge on any atom is 0.316 e. The van der Waals surface area contributed by atoms with Crippen LogP contribution in [0.4, 0.5) is 0 Å². The Kier molecular flexibility index (Phi) is 4.48. The number of carbonyl (C=O) groups is 1. The highest BCUT2D eigenvalue weighted by molar-refractivity contribution is 5.77. The van der Waals surface area contributed by atoms with Gasteiger partial charge >= 0.3 is 5.97 Å². The third-order valence-electron chi connectivity index (χ3n) is 3.82. The molecule has 0 aromatic heterocycles. The van der Waals surface area contributed by atoms with E-state index >= 15 is 0 Å². The maximum absolute atomic E-state index is 11.4. The van der Waals surface area contributed by atoms with Crippen molar-refractivity contribution in [1.82, 2.24) is 4.90 Å². The van der Waals surface area contributed by atoms with Crippen molar-refractivity contribution in [3.05, 3.63) is 0 Å². The molecule has 1 aliphatic heterocycles. The molecule has 0 spiro atoms. The standard InChI is InChI=1S/C11H21NO5/c1-2-3-11(8-15,12-4-5-12)10(6-13,7-14)9(16)17/h13-15H,2-8H2,1H3,(H,16,17). The predicted molar refractivity (Wildman–Crippen MR) is 60.5 cm³/mol. The number of carboxylic acids is 1. The highest BCUT2D eigenvalue weighted by atomic mass is 16.4. The molecule has 1 saturated heterocycles. The molecule has 0 bridgehead atoms. The van der Waals surface area contributed by atoms with Crippen molar-refractivity contribution in [2.24, 2.45) is 5.41 Å². The molecule has 0 aromatic carbocycles. The van der Waals surface area contributed by atoms with Crippen LogP contribution in [0.3, 0.4) is 0 Å². The lowest BCUT2D eigenvalue weighted by atomic mass is 9.67. The molecule has 17 heavy (non-hydrogen) atoms. The van der Waals surface area contributed by atoms with E-state index in [0.717, 1.165) is 0 Å². The number of rotatable bonds is 8. The summed E-state index contributed by atoms with van der Waals surface area (Å²) in [6.45, 7) is 1.51. The van der Waals surface area contributed by atoms with Crippen LogP contribution in [0, 0.1) is 5.41 Å². The fourth-order valence-corrected chi connectivity index (χ4v) is 2.60. The summed E-state index contributed by atoms with van der Waals surface area (Å²) in [5, 5.41) is 37.9. The average molecular weight is 247 g/mol. The average Bonchev–Trinajstić information content (AvgIpc) is 3.13. The van der Waals surface area contributed by atoms with Crippen molar-refractivity contribution in [3.8, 4) is 0 Å². The summed E-state index contributed by atoms with van der Waals surface area (Å²) in [7, 11) is 0. The van der Waals surface area contributed by atoms with Gasteiger partial charge in [-0.25, -0.2) is 0 Å². The molecule has 0 aliphatic carbocycles. The van der Waals surface area contributed by atoms with Gasteiger partial charge in [-0.3, -0.25) is 9.69 Å². The Morgan fingerprint density at radius 2 is 1.71 bits per heavy atom. The normalized spacial score (nSPS) is 20.0. The number of aliphatic hydroxyl groups is 3. The van der Waals surface area contributed by atoms with Crippen molar-refractivity contribution in [3.63, 3.8) is 0 Å². The summed E-state index contributed by atoms with van der Waals surface area (Å²) in [5.41, 5.74) is -2.79. The van der Waals surface area contributed by atoms with Crippen LogP contribution in [0.5, 0.6) is 0 Å². The first-order chi connectivity index (χ1) is 8.04. The van der Waals surface area contributed by atoms with Crippen molar-refractivity contribution in [1.29, 1.82) is 0 Å². The van der Waals surface area contributed by atoms with Gasteiger partial charge in [-0.1, -0.05) is 13.3 Å². The van der Waals surface area contributed by atoms with Crippen LogP contribution >= 0.6 is 0 Å². The van der Waals surface area contributed by atoms with Crippen LogP contribution in [0.2, 0.25) is 0 Å². The lowest BCUT2D eigenvalue weighted by molar-refractivity contribution is -0.172. The zero-order valence-corrected chi connectivity index (χ0v) is 10.1. The summed E-state index contributed by atoms with van der Waals surface area (Å²) in [4.78, 5) is 13.3. The molecule has 0 aromatic rings. The topological polar surface area (TPSA) is 101 Å². The van der Waals surface area contributed by atoms with E-state index in [0.29, 0.717) is 25.9 Å². The molecule has 0 saturated carbocycles. The van der Waals surface area contributed by atoms with Gasteiger partial charge in [-0.15, -0.1) is 0 Å². The second kappa shape index (κ2) is 5.30. The van der Waals surface area contributed by atoms with Gasteiger partial charge in [0.1, 0.15) is 5.41 Å². The molecule has 6 nitrogen and oxygen atoms in total. The summed E-state index contributed by atoms with van der Waals surface area (Å²) in [6, 6.07) is 0. The summed E-state index contributed by atoms with van der Waals surface area (Å²) < 4.78 is 0. The highest BCUT2D eigenvalue weighted by Gasteiger charge is 2.61. The van der Waals surface area contributed by atoms with Crippen LogP contribution in [0.15, 0.2) is 0 Å². The van der Waals surface area contributed by atoms with E-state index in [1.807, 2.05) is 11.8 Å². The monoisotopic (exact) mass is 247 g/mol. The molecule has 1 fully saturated rings.